The summed E-state index contributed by atoms with van der Waals surface area (Å²) >= 11 is 0. The monoisotopic (exact) mass is 337 g/mol. The van der Waals surface area contributed by atoms with Crippen molar-refractivity contribution in [3.05, 3.63) is 0 Å². The van der Waals surface area contributed by atoms with E-state index in [0.717, 1.165) is 45.5 Å². The molecule has 4 heterocycles. The fraction of sp³-hybridized carbons (Fsp3) is 0.944. The van der Waals surface area contributed by atoms with E-state index in [2.05, 4.69) is 4.90 Å². The standard InChI is InChI=1S/C18H31N3O3/c22-17(20-7-3-4-8-20)21-9-10-23-15-18(14-21)11-16(13-24-18)12-19-5-1-2-6-19/h16H,1-15H2/t16-,18+/m1/s1. The van der Waals surface area contributed by atoms with Gasteiger partial charge in [-0.3, -0.25) is 0 Å². The number of carbonyl (C=O) groups is 1. The highest BCUT2D eigenvalue weighted by atomic mass is 16.5. The molecule has 4 fully saturated rings. The molecule has 136 valence electrons. The zero-order valence-corrected chi connectivity index (χ0v) is 14.8. The number of urea groups is 1. The Balaban J connectivity index is 1.37. The Morgan fingerprint density at radius 3 is 2.54 bits per heavy atom. The van der Waals surface area contributed by atoms with Crippen LogP contribution in [0.3, 0.4) is 0 Å². The van der Waals surface area contributed by atoms with E-state index < -0.39 is 0 Å². The molecule has 4 aliphatic heterocycles. The summed E-state index contributed by atoms with van der Waals surface area (Å²) < 4.78 is 12.1. The molecular weight excluding hydrogens is 306 g/mol. The first kappa shape index (κ1) is 16.6. The van der Waals surface area contributed by atoms with Crippen LogP contribution in [0.25, 0.3) is 0 Å². The number of nitrogens with zero attached hydrogens (tertiary/aromatic N) is 3. The maximum absolute atomic E-state index is 12.8. The highest BCUT2D eigenvalue weighted by molar-refractivity contribution is 5.74. The molecule has 24 heavy (non-hydrogen) atoms. The van der Waals surface area contributed by atoms with Gasteiger partial charge in [-0.05, 0) is 51.1 Å². The van der Waals surface area contributed by atoms with Gasteiger partial charge in [0.15, 0.2) is 0 Å². The van der Waals surface area contributed by atoms with Gasteiger partial charge in [-0.15, -0.1) is 0 Å². The summed E-state index contributed by atoms with van der Waals surface area (Å²) in [6, 6.07) is 0.184. The van der Waals surface area contributed by atoms with Crippen molar-refractivity contribution in [3.63, 3.8) is 0 Å². The number of likely N-dealkylation sites (tertiary alicyclic amines) is 2. The maximum atomic E-state index is 12.8. The van der Waals surface area contributed by atoms with E-state index in [0.29, 0.717) is 32.2 Å². The average molecular weight is 337 g/mol. The van der Waals surface area contributed by atoms with Crippen molar-refractivity contribution in [3.8, 4) is 0 Å². The highest BCUT2D eigenvalue weighted by Gasteiger charge is 2.45. The van der Waals surface area contributed by atoms with Crippen LogP contribution in [-0.2, 0) is 9.47 Å². The van der Waals surface area contributed by atoms with Gasteiger partial charge < -0.3 is 24.2 Å². The van der Waals surface area contributed by atoms with E-state index >= 15 is 0 Å². The Labute approximate surface area is 145 Å². The first-order valence-corrected chi connectivity index (χ1v) is 9.72. The molecule has 1 spiro atoms. The number of rotatable bonds is 2. The maximum Gasteiger partial charge on any atom is 0.320 e. The molecule has 0 aromatic heterocycles. The fourth-order valence-corrected chi connectivity index (χ4v) is 4.77. The predicted octanol–water partition coefficient (Wildman–Crippen LogP) is 1.41. The summed E-state index contributed by atoms with van der Waals surface area (Å²) in [5.41, 5.74) is -0.281. The molecule has 0 aromatic rings. The van der Waals surface area contributed by atoms with Crippen LogP contribution in [0.1, 0.15) is 32.1 Å². The molecule has 4 rings (SSSR count). The van der Waals surface area contributed by atoms with Crippen molar-refractivity contribution in [1.82, 2.24) is 14.7 Å². The molecule has 0 N–H and O–H groups in total. The largest absolute Gasteiger partial charge is 0.377 e. The summed E-state index contributed by atoms with van der Waals surface area (Å²) in [5, 5.41) is 0. The molecule has 0 aromatic carbocycles. The molecule has 6 nitrogen and oxygen atoms in total. The Morgan fingerprint density at radius 1 is 1.00 bits per heavy atom. The normalized spacial score (nSPS) is 35.1. The Morgan fingerprint density at radius 2 is 1.75 bits per heavy atom. The van der Waals surface area contributed by atoms with Crippen molar-refractivity contribution in [2.45, 2.75) is 37.7 Å². The molecule has 0 bridgehead atoms. The number of hydrogen-bond acceptors (Lipinski definition) is 4. The summed E-state index contributed by atoms with van der Waals surface area (Å²) in [4.78, 5) is 19.3. The number of ether oxygens (including phenoxy) is 2. The van der Waals surface area contributed by atoms with Crippen LogP contribution in [0.15, 0.2) is 0 Å². The highest BCUT2D eigenvalue weighted by Crippen LogP contribution is 2.34. The third kappa shape index (κ3) is 3.55. The van der Waals surface area contributed by atoms with Crippen molar-refractivity contribution in [1.29, 1.82) is 0 Å². The quantitative estimate of drug-likeness (QED) is 0.764. The molecule has 0 aliphatic carbocycles. The third-order valence-electron chi connectivity index (χ3n) is 6.00. The van der Waals surface area contributed by atoms with E-state index in [1.54, 1.807) is 0 Å². The van der Waals surface area contributed by atoms with Crippen LogP contribution in [0.5, 0.6) is 0 Å². The lowest BCUT2D eigenvalue weighted by Gasteiger charge is -2.33. The minimum Gasteiger partial charge on any atom is -0.377 e. The SMILES string of the molecule is O=C(N1CCCC1)N1CCOC[C@]2(C[C@H](CN3CCCC3)CO2)C1. The summed E-state index contributed by atoms with van der Waals surface area (Å²) in [7, 11) is 0. The smallest absolute Gasteiger partial charge is 0.320 e. The predicted molar refractivity (Wildman–Crippen MR) is 91.1 cm³/mol. The van der Waals surface area contributed by atoms with Gasteiger partial charge in [-0.25, -0.2) is 4.79 Å². The number of amides is 2. The van der Waals surface area contributed by atoms with Crippen LogP contribution in [0.4, 0.5) is 4.79 Å². The lowest BCUT2D eigenvalue weighted by Crippen LogP contribution is -2.50. The van der Waals surface area contributed by atoms with Gasteiger partial charge >= 0.3 is 6.03 Å². The summed E-state index contributed by atoms with van der Waals surface area (Å²) in [6.07, 6.45) is 5.96. The minimum atomic E-state index is -0.281. The molecular formula is C18H31N3O3. The zero-order valence-electron chi connectivity index (χ0n) is 14.8. The molecule has 2 atom stereocenters. The molecule has 4 saturated heterocycles. The van der Waals surface area contributed by atoms with Crippen molar-refractivity contribution >= 4 is 6.03 Å². The molecule has 0 saturated carbocycles. The third-order valence-corrected chi connectivity index (χ3v) is 6.00. The van der Waals surface area contributed by atoms with Crippen molar-refractivity contribution < 1.29 is 14.3 Å². The van der Waals surface area contributed by atoms with Gasteiger partial charge in [0.1, 0.15) is 5.60 Å². The van der Waals surface area contributed by atoms with E-state index in [-0.39, 0.29) is 11.6 Å². The van der Waals surface area contributed by atoms with Gasteiger partial charge in [0.25, 0.3) is 0 Å². The first-order valence-electron chi connectivity index (χ1n) is 9.72. The van der Waals surface area contributed by atoms with Gasteiger partial charge in [0, 0.05) is 26.2 Å². The molecule has 6 heteroatoms. The van der Waals surface area contributed by atoms with Crippen molar-refractivity contribution in [2.75, 3.05) is 65.6 Å². The zero-order chi connectivity index (χ0) is 16.4. The van der Waals surface area contributed by atoms with Crippen LogP contribution in [0, 0.1) is 5.92 Å². The van der Waals surface area contributed by atoms with Crippen LogP contribution in [0.2, 0.25) is 0 Å². The molecule has 0 radical (unpaired) electrons. The minimum absolute atomic E-state index is 0.184. The Hall–Kier alpha value is -0.850. The first-order chi connectivity index (χ1) is 11.7. The lowest BCUT2D eigenvalue weighted by molar-refractivity contribution is -0.0537. The average Bonchev–Trinajstić information content (AvgIpc) is 3.30. The topological polar surface area (TPSA) is 45.2 Å². The van der Waals surface area contributed by atoms with Gasteiger partial charge in [0.2, 0.25) is 0 Å². The lowest BCUT2D eigenvalue weighted by atomic mass is 9.94. The van der Waals surface area contributed by atoms with Crippen LogP contribution >= 0.6 is 0 Å². The second kappa shape index (κ2) is 7.18. The van der Waals surface area contributed by atoms with Crippen LogP contribution in [-0.4, -0.2) is 92.0 Å². The molecule has 0 unspecified atom stereocenters. The van der Waals surface area contributed by atoms with E-state index in [1.165, 1.54) is 25.9 Å². The number of carbonyl (C=O) groups excluding carboxylic acids is 1. The second-order valence-corrected chi connectivity index (χ2v) is 8.02. The van der Waals surface area contributed by atoms with E-state index in [9.17, 15) is 4.79 Å². The van der Waals surface area contributed by atoms with Gasteiger partial charge in [-0.1, -0.05) is 0 Å². The Kier molecular flexibility index (Phi) is 4.97. The molecule has 4 aliphatic rings. The van der Waals surface area contributed by atoms with Crippen LogP contribution < -0.4 is 0 Å². The van der Waals surface area contributed by atoms with E-state index in [1.807, 2.05) is 9.80 Å². The van der Waals surface area contributed by atoms with Gasteiger partial charge in [0.05, 0.1) is 26.4 Å². The summed E-state index contributed by atoms with van der Waals surface area (Å²) in [5.74, 6) is 0.577. The van der Waals surface area contributed by atoms with Gasteiger partial charge in [-0.2, -0.15) is 0 Å². The fourth-order valence-electron chi connectivity index (χ4n) is 4.77. The van der Waals surface area contributed by atoms with E-state index in [4.69, 9.17) is 9.47 Å². The van der Waals surface area contributed by atoms with Crippen molar-refractivity contribution in [2.24, 2.45) is 5.92 Å². The number of hydrogen-bond donors (Lipinski definition) is 0. The molecule has 2 amide bonds. The Bertz CT molecular complexity index is 449. The second-order valence-electron chi connectivity index (χ2n) is 8.02. The summed E-state index contributed by atoms with van der Waals surface area (Å²) in [6.45, 7) is 8.88.